The molecule has 9 heteroatoms. The molecule has 0 amide bonds. The molecule has 0 saturated carbocycles. The highest BCUT2D eigenvalue weighted by Crippen LogP contribution is 2.49. The lowest BCUT2D eigenvalue weighted by molar-refractivity contribution is -0.0180. The fourth-order valence-electron chi connectivity index (χ4n) is 20.1. The van der Waals surface area contributed by atoms with Crippen LogP contribution < -0.4 is 0 Å². The number of carbonyl (C=O) groups excluding carboxylic acids is 2. The van der Waals surface area contributed by atoms with Crippen molar-refractivity contribution in [3.63, 3.8) is 0 Å². The molecule has 0 aliphatic rings. The lowest BCUT2D eigenvalue weighted by Crippen LogP contribution is -2.37. The monoisotopic (exact) mass is 1550 g/mol. The van der Waals surface area contributed by atoms with E-state index in [1.807, 2.05) is 36.4 Å². The lowest BCUT2D eigenvalue weighted by Gasteiger charge is -2.40. The van der Waals surface area contributed by atoms with Gasteiger partial charge in [0, 0.05) is 43.9 Å². The van der Waals surface area contributed by atoms with Crippen LogP contribution in [-0.2, 0) is 33.2 Å². The van der Waals surface area contributed by atoms with E-state index in [-0.39, 0.29) is 48.1 Å². The van der Waals surface area contributed by atoms with Crippen molar-refractivity contribution in [2.75, 3.05) is 79.3 Å². The molecular formula is C106H130O9. The first-order valence-electron chi connectivity index (χ1n) is 42.9. The highest BCUT2D eigenvalue weighted by molar-refractivity contribution is 6.18. The van der Waals surface area contributed by atoms with Crippen molar-refractivity contribution < 1.29 is 42.7 Å². The first-order chi connectivity index (χ1) is 54.8. The Morgan fingerprint density at radius 2 is 0.409 bits per heavy atom. The molecule has 0 bridgehead atoms. The minimum Gasteiger partial charge on any atom is -0.460 e. The van der Waals surface area contributed by atoms with Crippen LogP contribution in [0, 0.1) is 140 Å². The van der Waals surface area contributed by atoms with Gasteiger partial charge in [0.05, 0.1) is 77.2 Å². The van der Waals surface area contributed by atoms with E-state index in [4.69, 9.17) is 33.2 Å². The first kappa shape index (κ1) is 88.6. The molecule has 0 atom stereocenters. The Morgan fingerprint density at radius 3 is 0.600 bits per heavy atom. The smallest absolute Gasteiger partial charge is 0.338 e. The van der Waals surface area contributed by atoms with Crippen molar-refractivity contribution >= 4 is 98.1 Å². The van der Waals surface area contributed by atoms with E-state index in [9.17, 15) is 9.59 Å². The van der Waals surface area contributed by atoms with E-state index in [0.29, 0.717) is 135 Å². The summed E-state index contributed by atoms with van der Waals surface area (Å²) in [6, 6.07) is 47.0. The molecule has 0 spiro atoms. The second-order valence-corrected chi connectivity index (χ2v) is 35.8. The maximum Gasteiger partial charge on any atom is 0.338 e. The summed E-state index contributed by atoms with van der Waals surface area (Å²) in [5.41, 5.74) is 3.97. The largest absolute Gasteiger partial charge is 0.460 e. The van der Waals surface area contributed by atoms with Crippen LogP contribution in [0.25, 0.3) is 86.2 Å². The number of fused-ring (bicyclic) bond motifs is 8. The Kier molecular flexibility index (Phi) is 29.7. The van der Waals surface area contributed by atoms with E-state index >= 15 is 0 Å². The summed E-state index contributed by atoms with van der Waals surface area (Å²) >= 11 is 0. The zero-order valence-electron chi connectivity index (χ0n) is 73.8. The van der Waals surface area contributed by atoms with Gasteiger partial charge < -0.3 is 33.2 Å². The predicted octanol–water partition coefficient (Wildman–Crippen LogP) is 25.2. The van der Waals surface area contributed by atoms with Crippen LogP contribution in [0.2, 0.25) is 0 Å². The molecule has 608 valence electrons. The molecule has 0 aliphatic carbocycles. The normalized spacial score (nSPS) is 12.6. The topological polar surface area (TPSA) is 98.8 Å². The summed E-state index contributed by atoms with van der Waals surface area (Å²) < 4.78 is 40.5. The summed E-state index contributed by atoms with van der Waals surface area (Å²) in [5.74, 6) is 34.6. The van der Waals surface area contributed by atoms with Crippen LogP contribution in [0.4, 0.5) is 0 Å². The summed E-state index contributed by atoms with van der Waals surface area (Å²) in [5, 5.41) is 17.0. The van der Waals surface area contributed by atoms with Crippen molar-refractivity contribution in [3.05, 3.63) is 167 Å². The fourth-order valence-corrected chi connectivity index (χ4v) is 20.1. The van der Waals surface area contributed by atoms with Crippen LogP contribution in [-0.4, -0.2) is 91.2 Å². The number of hydrogen-bond donors (Lipinski definition) is 0. The summed E-state index contributed by atoms with van der Waals surface area (Å²) in [7, 11) is 0. The van der Waals surface area contributed by atoms with Crippen molar-refractivity contribution in [1.29, 1.82) is 0 Å². The molecule has 0 aliphatic heterocycles. The SMILES string of the molecule is CC(C)C(C#Cc1c2cc3ccccc3cc2c(C#CC(C(C)C)(C(C)C)C(C)C)c2cc3cc(C(=O)OCCOCCOCCOCCOCCOCCOC(=O)c4ccc5cc6c(C#CC(C(C)C)(C(C)C)C(C)C)c7cc8ccccc8cc7c(C#CC(C(C)C)(C(C)C)C(C)C)c6cc5c4)ccc3cc12)(C(C)C)C(C)C. The van der Waals surface area contributed by atoms with E-state index < -0.39 is 11.9 Å². The third-order valence-corrected chi connectivity index (χ3v) is 25.8. The zero-order chi connectivity index (χ0) is 83.4. The maximum atomic E-state index is 13.8. The van der Waals surface area contributed by atoms with Crippen LogP contribution in [0.15, 0.2) is 133 Å². The van der Waals surface area contributed by atoms with Gasteiger partial charge in [0.15, 0.2) is 0 Å². The maximum absolute atomic E-state index is 13.8. The first-order valence-corrected chi connectivity index (χ1v) is 42.9. The Balaban J connectivity index is 0.706. The Hall–Kier alpha value is -8.74. The molecule has 0 fully saturated rings. The lowest BCUT2D eigenvalue weighted by atomic mass is 9.62. The van der Waals surface area contributed by atoms with Crippen LogP contribution in [0.5, 0.6) is 0 Å². The Bertz CT molecular complexity index is 4970. The van der Waals surface area contributed by atoms with Gasteiger partial charge in [-0.3, -0.25) is 0 Å². The van der Waals surface area contributed by atoms with E-state index in [1.165, 1.54) is 0 Å². The summed E-state index contributed by atoms with van der Waals surface area (Å²) in [6.45, 7) is 59.0. The molecule has 115 heavy (non-hydrogen) atoms. The van der Waals surface area contributed by atoms with Crippen molar-refractivity contribution in [3.8, 4) is 47.4 Å². The number of rotatable bonds is 32. The van der Waals surface area contributed by atoms with Crippen LogP contribution >= 0.6 is 0 Å². The molecule has 0 aromatic heterocycles. The number of benzene rings is 10. The molecule has 0 radical (unpaired) electrons. The minimum absolute atomic E-state index is 0.0950. The van der Waals surface area contributed by atoms with Crippen LogP contribution in [0.3, 0.4) is 0 Å². The van der Waals surface area contributed by atoms with Gasteiger partial charge in [-0.15, -0.1) is 0 Å². The van der Waals surface area contributed by atoms with Crippen molar-refractivity contribution in [2.45, 2.75) is 166 Å². The van der Waals surface area contributed by atoms with Gasteiger partial charge in [0.1, 0.15) is 13.2 Å². The quantitative estimate of drug-likeness (QED) is 0.0177. The molecule has 0 unspecified atom stereocenters. The van der Waals surface area contributed by atoms with Crippen LogP contribution in [0.1, 0.15) is 209 Å². The second kappa shape index (κ2) is 38.6. The third-order valence-electron chi connectivity index (χ3n) is 25.8. The molecule has 10 aromatic rings. The number of hydrogen-bond acceptors (Lipinski definition) is 9. The average Bonchev–Trinajstić information content (AvgIpc) is 0.731. The fraction of sp³-hybridized carbons (Fsp3) is 0.491. The highest BCUT2D eigenvalue weighted by atomic mass is 16.6. The summed E-state index contributed by atoms with van der Waals surface area (Å²) in [4.78, 5) is 27.6. The zero-order valence-corrected chi connectivity index (χ0v) is 73.8. The third kappa shape index (κ3) is 18.7. The minimum atomic E-state index is -0.417. The van der Waals surface area contributed by atoms with E-state index in [2.05, 4.69) is 311 Å². The molecule has 0 saturated heterocycles. The molecular weight excluding hydrogens is 1420 g/mol. The van der Waals surface area contributed by atoms with Gasteiger partial charge in [-0.2, -0.15) is 0 Å². The average molecular weight is 1550 g/mol. The number of esters is 2. The van der Waals surface area contributed by atoms with Gasteiger partial charge in [0.2, 0.25) is 0 Å². The summed E-state index contributed by atoms with van der Waals surface area (Å²) in [6.07, 6.45) is 0. The van der Waals surface area contributed by atoms with Crippen molar-refractivity contribution in [1.82, 2.24) is 0 Å². The van der Waals surface area contributed by atoms with Gasteiger partial charge in [-0.1, -0.05) is 274 Å². The molecule has 10 rings (SSSR count). The predicted molar refractivity (Wildman–Crippen MR) is 483 cm³/mol. The standard InChI is InChI=1S/C106H130O9/c1-67(2)103(68(3)4,69(5)6)41-37-89-93-59-79-29-25-27-31-81(79)61-95(93)91(39-43-105(73(13)14,74(15)16)75(17)18)99-65-87-57-85(35-33-83(87)63-97(89)99)101(107)114-55-53-112-51-49-110-47-45-109-46-48-111-50-52-113-54-56-115-102(108)86-36-34-84-64-98-90(38-42-104(70(7)8,71(9)10)72(11)12)94-60-80-30-26-28-32-82(80)62-96(94)92(100(98)66-88(84)58-86)40-44-106(76(19)20,77(21)22)78(23)24/h25-36,57-78H,45-56H2,1-24H3. The van der Waals surface area contributed by atoms with E-state index in [1.54, 1.807) is 0 Å². The molecule has 0 N–H and O–H groups in total. The Morgan fingerprint density at radius 1 is 0.235 bits per heavy atom. The van der Waals surface area contributed by atoms with Crippen molar-refractivity contribution in [2.24, 2.45) is 92.7 Å². The van der Waals surface area contributed by atoms with Gasteiger partial charge in [-0.25, -0.2) is 9.59 Å². The van der Waals surface area contributed by atoms with Gasteiger partial charge in [-0.05, 0) is 230 Å². The highest BCUT2D eigenvalue weighted by Gasteiger charge is 2.42. The Labute approximate surface area is 689 Å². The van der Waals surface area contributed by atoms with Gasteiger partial charge >= 0.3 is 11.9 Å². The second-order valence-electron chi connectivity index (χ2n) is 35.8. The molecule has 0 heterocycles. The molecule has 9 nitrogen and oxygen atoms in total. The number of carbonyl (C=O) groups is 2. The number of ether oxygens (including phenoxy) is 7. The molecule has 10 aromatic carbocycles. The van der Waals surface area contributed by atoms with Gasteiger partial charge in [0.25, 0.3) is 0 Å². The van der Waals surface area contributed by atoms with E-state index in [0.717, 1.165) is 108 Å².